The Kier molecular flexibility index (Phi) is 3.62. The van der Waals surface area contributed by atoms with E-state index in [1.54, 1.807) is 18.4 Å². The summed E-state index contributed by atoms with van der Waals surface area (Å²) in [5, 5.41) is 0. The maximum atomic E-state index is 4.89. The fourth-order valence-electron chi connectivity index (χ4n) is 0.570. The lowest BCUT2D eigenvalue weighted by Crippen LogP contribution is -1.61. The first-order valence-electron chi connectivity index (χ1n) is 2.77. The lowest BCUT2D eigenvalue weighted by atomic mass is 10.5. The Balaban J connectivity index is 2.59. The van der Waals surface area contributed by atoms with Crippen molar-refractivity contribution in [2.24, 2.45) is 0 Å². The van der Waals surface area contributed by atoms with E-state index >= 15 is 0 Å². The Morgan fingerprint density at radius 2 is 2.50 bits per heavy atom. The van der Waals surface area contributed by atoms with E-state index < -0.39 is 0 Å². The SMILES string of the molecule is COSc1ccc(CS)s1. The molecule has 0 saturated heterocycles. The summed E-state index contributed by atoms with van der Waals surface area (Å²) in [6.45, 7) is 0. The number of hydrogen-bond acceptors (Lipinski definition) is 4. The van der Waals surface area contributed by atoms with Gasteiger partial charge in [0.1, 0.15) is 0 Å². The van der Waals surface area contributed by atoms with E-state index in [0.717, 1.165) is 5.75 Å². The van der Waals surface area contributed by atoms with Crippen molar-refractivity contribution < 1.29 is 4.18 Å². The monoisotopic (exact) mass is 192 g/mol. The molecular formula is C6H8OS3. The van der Waals surface area contributed by atoms with Crippen molar-refractivity contribution in [1.82, 2.24) is 0 Å². The van der Waals surface area contributed by atoms with Gasteiger partial charge in [0.15, 0.2) is 0 Å². The Bertz CT molecular complexity index is 197. The minimum atomic E-state index is 0.814. The number of thiophene rings is 1. The predicted octanol–water partition coefficient (Wildman–Crippen LogP) is 2.83. The van der Waals surface area contributed by atoms with Crippen LogP contribution in [0.2, 0.25) is 0 Å². The highest BCUT2D eigenvalue weighted by Crippen LogP contribution is 2.27. The Labute approximate surface area is 74.4 Å². The van der Waals surface area contributed by atoms with E-state index in [1.165, 1.54) is 21.1 Å². The normalized spacial score (nSPS) is 10.2. The van der Waals surface area contributed by atoms with Crippen LogP contribution in [-0.4, -0.2) is 7.11 Å². The largest absolute Gasteiger partial charge is 0.313 e. The van der Waals surface area contributed by atoms with Crippen LogP contribution in [0, 0.1) is 0 Å². The molecule has 0 N–H and O–H groups in total. The van der Waals surface area contributed by atoms with Crippen LogP contribution in [-0.2, 0) is 9.94 Å². The minimum Gasteiger partial charge on any atom is -0.313 e. The van der Waals surface area contributed by atoms with Gasteiger partial charge in [-0.3, -0.25) is 0 Å². The third kappa shape index (κ3) is 2.20. The van der Waals surface area contributed by atoms with Crippen molar-refractivity contribution in [3.8, 4) is 0 Å². The van der Waals surface area contributed by atoms with E-state index in [9.17, 15) is 0 Å². The van der Waals surface area contributed by atoms with Gasteiger partial charge >= 0.3 is 0 Å². The topological polar surface area (TPSA) is 9.23 Å². The molecule has 10 heavy (non-hydrogen) atoms. The summed E-state index contributed by atoms with van der Waals surface area (Å²) in [6.07, 6.45) is 0. The lowest BCUT2D eigenvalue weighted by Gasteiger charge is -1.88. The lowest BCUT2D eigenvalue weighted by molar-refractivity contribution is 0.491. The molecule has 1 aromatic heterocycles. The van der Waals surface area contributed by atoms with Crippen LogP contribution in [0.15, 0.2) is 16.3 Å². The highest BCUT2D eigenvalue weighted by atomic mass is 32.2. The van der Waals surface area contributed by atoms with E-state index in [1.807, 2.05) is 6.07 Å². The second-order valence-corrected chi connectivity index (χ2v) is 4.31. The van der Waals surface area contributed by atoms with Crippen LogP contribution in [0.1, 0.15) is 4.88 Å². The molecule has 0 unspecified atom stereocenters. The summed E-state index contributed by atoms with van der Waals surface area (Å²) in [5.74, 6) is 0.814. The summed E-state index contributed by atoms with van der Waals surface area (Å²) < 4.78 is 6.07. The van der Waals surface area contributed by atoms with Crippen LogP contribution >= 0.6 is 36.0 Å². The van der Waals surface area contributed by atoms with Crippen molar-refractivity contribution in [1.29, 1.82) is 0 Å². The van der Waals surface area contributed by atoms with E-state index in [0.29, 0.717) is 0 Å². The first kappa shape index (κ1) is 8.46. The Morgan fingerprint density at radius 3 is 3.00 bits per heavy atom. The van der Waals surface area contributed by atoms with Gasteiger partial charge in [-0.1, -0.05) is 0 Å². The standard InChI is InChI=1S/C6H8OS3/c1-7-10-6-3-2-5(4-8)9-6/h2-3,8H,4H2,1H3. The highest BCUT2D eigenvalue weighted by molar-refractivity contribution is 7.96. The molecule has 0 aliphatic rings. The van der Waals surface area contributed by atoms with Crippen LogP contribution in [0.4, 0.5) is 0 Å². The van der Waals surface area contributed by atoms with Gasteiger partial charge in [-0.05, 0) is 12.1 Å². The van der Waals surface area contributed by atoms with Gasteiger partial charge in [-0.15, -0.1) is 11.3 Å². The van der Waals surface area contributed by atoms with Gasteiger partial charge in [-0.25, -0.2) is 0 Å². The number of rotatable bonds is 3. The molecular weight excluding hydrogens is 184 g/mol. The first-order valence-corrected chi connectivity index (χ1v) is 4.96. The molecule has 0 aliphatic carbocycles. The van der Waals surface area contributed by atoms with Crippen molar-refractivity contribution >= 4 is 36.0 Å². The Hall–Kier alpha value is 0.360. The van der Waals surface area contributed by atoms with Crippen LogP contribution in [0.3, 0.4) is 0 Å². The molecule has 0 aliphatic heterocycles. The first-order chi connectivity index (χ1) is 4.86. The smallest absolute Gasteiger partial charge is 0.0879 e. The molecule has 0 spiro atoms. The zero-order valence-corrected chi connectivity index (χ0v) is 8.06. The zero-order chi connectivity index (χ0) is 7.40. The molecule has 0 atom stereocenters. The van der Waals surface area contributed by atoms with Gasteiger partial charge in [0.2, 0.25) is 0 Å². The van der Waals surface area contributed by atoms with Crippen LogP contribution < -0.4 is 0 Å². The average molecular weight is 192 g/mol. The summed E-state index contributed by atoms with van der Waals surface area (Å²) in [4.78, 5) is 1.28. The molecule has 56 valence electrons. The predicted molar refractivity (Wildman–Crippen MR) is 49.9 cm³/mol. The van der Waals surface area contributed by atoms with Gasteiger partial charge in [0, 0.05) is 22.7 Å². The molecule has 1 nitrogen and oxygen atoms in total. The van der Waals surface area contributed by atoms with Crippen LogP contribution in [0.5, 0.6) is 0 Å². The molecule has 0 amide bonds. The minimum absolute atomic E-state index is 0.814. The van der Waals surface area contributed by atoms with Crippen molar-refractivity contribution in [2.45, 2.75) is 9.96 Å². The molecule has 0 saturated carbocycles. The quantitative estimate of drug-likeness (QED) is 0.582. The van der Waals surface area contributed by atoms with Crippen molar-refractivity contribution in [3.05, 3.63) is 17.0 Å². The Morgan fingerprint density at radius 1 is 1.70 bits per heavy atom. The average Bonchev–Trinajstić information content (AvgIpc) is 2.37. The second kappa shape index (κ2) is 4.28. The fraction of sp³-hybridized carbons (Fsp3) is 0.333. The van der Waals surface area contributed by atoms with Crippen molar-refractivity contribution in [3.63, 3.8) is 0 Å². The van der Waals surface area contributed by atoms with Crippen molar-refractivity contribution in [2.75, 3.05) is 7.11 Å². The molecule has 0 radical (unpaired) electrons. The van der Waals surface area contributed by atoms with Gasteiger partial charge in [0.25, 0.3) is 0 Å². The highest BCUT2D eigenvalue weighted by Gasteiger charge is 1.97. The second-order valence-electron chi connectivity index (χ2n) is 1.63. The third-order valence-corrected chi connectivity index (χ3v) is 3.31. The third-order valence-electron chi connectivity index (χ3n) is 0.958. The van der Waals surface area contributed by atoms with E-state index in [4.69, 9.17) is 4.18 Å². The zero-order valence-electron chi connectivity index (χ0n) is 5.53. The number of hydrogen-bond donors (Lipinski definition) is 1. The van der Waals surface area contributed by atoms with Gasteiger partial charge in [-0.2, -0.15) is 12.6 Å². The van der Waals surface area contributed by atoms with Crippen LogP contribution in [0.25, 0.3) is 0 Å². The number of thiol groups is 1. The molecule has 0 bridgehead atoms. The molecule has 0 fully saturated rings. The van der Waals surface area contributed by atoms with E-state index in [2.05, 4.69) is 18.7 Å². The molecule has 1 aromatic rings. The summed E-state index contributed by atoms with van der Waals surface area (Å²) >= 11 is 7.27. The molecule has 0 aromatic carbocycles. The van der Waals surface area contributed by atoms with Gasteiger partial charge in [0.05, 0.1) is 11.3 Å². The maximum Gasteiger partial charge on any atom is 0.0879 e. The van der Waals surface area contributed by atoms with E-state index in [-0.39, 0.29) is 0 Å². The molecule has 4 heteroatoms. The van der Waals surface area contributed by atoms with Gasteiger partial charge < -0.3 is 4.18 Å². The summed E-state index contributed by atoms with van der Waals surface area (Å²) in [6, 6.07) is 4.11. The molecule has 1 heterocycles. The molecule has 1 rings (SSSR count). The maximum absolute atomic E-state index is 4.89. The fourth-order valence-corrected chi connectivity index (χ4v) is 2.41. The summed E-state index contributed by atoms with van der Waals surface area (Å²) in [7, 11) is 1.67. The summed E-state index contributed by atoms with van der Waals surface area (Å²) in [5.41, 5.74) is 0.